The first-order valence-electron chi connectivity index (χ1n) is 13.0. The van der Waals surface area contributed by atoms with Crippen molar-refractivity contribution >= 4 is 29.2 Å². The first-order valence-corrected chi connectivity index (χ1v) is 13.4. The number of aromatic nitrogens is 2. The summed E-state index contributed by atoms with van der Waals surface area (Å²) in [4.78, 5) is 37.2. The lowest BCUT2D eigenvalue weighted by Crippen LogP contribution is -2.56. The van der Waals surface area contributed by atoms with Crippen molar-refractivity contribution in [1.82, 2.24) is 14.9 Å². The highest BCUT2D eigenvalue weighted by atomic mass is 35.5. The molecule has 2 heterocycles. The van der Waals surface area contributed by atoms with E-state index in [-0.39, 0.29) is 28.5 Å². The molecule has 1 aliphatic heterocycles. The summed E-state index contributed by atoms with van der Waals surface area (Å²) in [6, 6.07) is 4.22. The minimum atomic E-state index is -0.638. The van der Waals surface area contributed by atoms with Crippen LogP contribution in [-0.4, -0.2) is 33.2 Å². The van der Waals surface area contributed by atoms with Crippen LogP contribution in [0.3, 0.4) is 0 Å². The number of amides is 2. The van der Waals surface area contributed by atoms with Gasteiger partial charge in [0.2, 0.25) is 5.91 Å². The smallest absolute Gasteiger partial charge is 0.258 e. The maximum Gasteiger partial charge on any atom is 0.258 e. The van der Waals surface area contributed by atoms with E-state index in [1.165, 1.54) is 43.8 Å². The number of rotatable bonds is 4. The van der Waals surface area contributed by atoms with Gasteiger partial charge in [-0.2, -0.15) is 0 Å². The van der Waals surface area contributed by atoms with Crippen molar-refractivity contribution in [3.63, 3.8) is 0 Å². The Morgan fingerprint density at radius 3 is 2.42 bits per heavy atom. The lowest BCUT2D eigenvalue weighted by atomic mass is 9.43. The fourth-order valence-electron chi connectivity index (χ4n) is 7.88. The average molecular weight is 511 g/mol. The number of fused-ring (bicyclic) bond motifs is 1. The molecule has 0 radical (unpaired) electrons. The molecule has 2 amide bonds. The Morgan fingerprint density at radius 1 is 1.11 bits per heavy atom. The Bertz CT molecular complexity index is 1190. The summed E-state index contributed by atoms with van der Waals surface area (Å²) in [6.45, 7) is 4.80. The zero-order chi connectivity index (χ0) is 25.2. The second-order valence-corrected chi connectivity index (χ2v) is 12.4. The van der Waals surface area contributed by atoms with Crippen molar-refractivity contribution in [3.05, 3.63) is 52.2 Å². The molecule has 190 valence electrons. The van der Waals surface area contributed by atoms with Gasteiger partial charge in [0.15, 0.2) is 0 Å². The molecule has 0 saturated heterocycles. The maximum absolute atomic E-state index is 14.3. The molecule has 6 nitrogen and oxygen atoms in total. The number of carbonyl (C=O) groups is 2. The highest BCUT2D eigenvalue weighted by Crippen LogP contribution is 2.66. The molecule has 1 aromatic heterocycles. The standard InChI is InChI=1S/C28H32ClFN4O2/c1-27(2,28-11-16-8-17(12-28)10-18(9-16)13-28)26(36)33-24-19-6-7-34(14-22(19)31-15-32-24)25(35)23-20(29)4-3-5-21(23)30/h3-5,15-18H,6-14H2,1-2H3,(H,31,32,33,36). The molecular formula is C28H32ClFN4O2. The Balaban J connectivity index is 1.21. The van der Waals surface area contributed by atoms with Gasteiger partial charge in [0, 0.05) is 17.5 Å². The summed E-state index contributed by atoms with van der Waals surface area (Å²) >= 11 is 6.12. The molecule has 0 atom stereocenters. The van der Waals surface area contributed by atoms with E-state index in [0.717, 1.165) is 42.6 Å². The van der Waals surface area contributed by atoms with Gasteiger partial charge in [-0.05, 0) is 80.2 Å². The van der Waals surface area contributed by atoms with Gasteiger partial charge in [-0.15, -0.1) is 0 Å². The van der Waals surface area contributed by atoms with Crippen LogP contribution in [-0.2, 0) is 17.8 Å². The highest BCUT2D eigenvalue weighted by Gasteiger charge is 2.59. The number of anilines is 1. The molecule has 36 heavy (non-hydrogen) atoms. The van der Waals surface area contributed by atoms with Crippen molar-refractivity contribution in [2.45, 2.75) is 65.3 Å². The van der Waals surface area contributed by atoms with Crippen LogP contribution in [0, 0.1) is 34.4 Å². The fraction of sp³-hybridized carbons (Fsp3) is 0.571. The maximum atomic E-state index is 14.3. The van der Waals surface area contributed by atoms with Crippen molar-refractivity contribution in [2.75, 3.05) is 11.9 Å². The van der Waals surface area contributed by atoms with E-state index in [9.17, 15) is 14.0 Å². The quantitative estimate of drug-likeness (QED) is 0.576. The van der Waals surface area contributed by atoms with Gasteiger partial charge in [-0.1, -0.05) is 31.5 Å². The van der Waals surface area contributed by atoms with E-state index in [0.29, 0.717) is 24.5 Å². The number of nitrogens with zero attached hydrogens (tertiary/aromatic N) is 3. The molecule has 8 heteroatoms. The molecule has 5 aliphatic rings. The van der Waals surface area contributed by atoms with E-state index < -0.39 is 17.1 Å². The summed E-state index contributed by atoms with van der Waals surface area (Å²) in [6.07, 6.45) is 9.36. The summed E-state index contributed by atoms with van der Waals surface area (Å²) < 4.78 is 14.3. The van der Waals surface area contributed by atoms with Crippen LogP contribution in [0.15, 0.2) is 24.5 Å². The molecule has 4 aliphatic carbocycles. The van der Waals surface area contributed by atoms with E-state index in [2.05, 4.69) is 29.1 Å². The van der Waals surface area contributed by atoms with Gasteiger partial charge < -0.3 is 10.2 Å². The van der Waals surface area contributed by atoms with Crippen molar-refractivity contribution in [2.24, 2.45) is 28.6 Å². The van der Waals surface area contributed by atoms with Gasteiger partial charge in [-0.25, -0.2) is 14.4 Å². The Hall–Kier alpha value is -2.54. The molecule has 7 rings (SSSR count). The third kappa shape index (κ3) is 3.73. The molecular weight excluding hydrogens is 479 g/mol. The predicted octanol–water partition coefficient (Wildman–Crippen LogP) is 5.65. The minimum absolute atomic E-state index is 0.0157. The summed E-state index contributed by atoms with van der Waals surface area (Å²) in [5, 5.41) is 3.25. The number of benzene rings is 1. The lowest BCUT2D eigenvalue weighted by Gasteiger charge is -2.61. The summed E-state index contributed by atoms with van der Waals surface area (Å²) in [5.41, 5.74) is 0.943. The fourth-order valence-corrected chi connectivity index (χ4v) is 8.12. The molecule has 0 unspecified atom stereocenters. The lowest BCUT2D eigenvalue weighted by molar-refractivity contribution is -0.151. The number of hydrogen-bond donors (Lipinski definition) is 1. The third-order valence-electron chi connectivity index (χ3n) is 9.63. The first-order chi connectivity index (χ1) is 17.2. The van der Waals surface area contributed by atoms with Crippen molar-refractivity contribution < 1.29 is 14.0 Å². The van der Waals surface area contributed by atoms with Crippen LogP contribution in [0.1, 0.15) is 74.0 Å². The Morgan fingerprint density at radius 2 is 1.78 bits per heavy atom. The van der Waals surface area contributed by atoms with Crippen LogP contribution in [0.2, 0.25) is 5.02 Å². The normalized spacial score (nSPS) is 28.7. The highest BCUT2D eigenvalue weighted by molar-refractivity contribution is 6.33. The molecule has 2 aromatic rings. The number of hydrogen-bond acceptors (Lipinski definition) is 4. The second kappa shape index (κ2) is 8.51. The van der Waals surface area contributed by atoms with E-state index in [1.807, 2.05) is 0 Å². The molecule has 1 N–H and O–H groups in total. The zero-order valence-corrected chi connectivity index (χ0v) is 21.6. The summed E-state index contributed by atoms with van der Waals surface area (Å²) in [5.74, 6) is 1.74. The first kappa shape index (κ1) is 23.8. The Kier molecular flexibility index (Phi) is 5.63. The van der Waals surface area contributed by atoms with Gasteiger partial charge in [0.1, 0.15) is 18.0 Å². The Labute approximate surface area is 216 Å². The number of nitrogens with one attached hydrogen (secondary N) is 1. The molecule has 4 saturated carbocycles. The minimum Gasteiger partial charge on any atom is -0.332 e. The molecule has 0 spiro atoms. The number of carbonyl (C=O) groups excluding carboxylic acids is 2. The van der Waals surface area contributed by atoms with Crippen LogP contribution in [0.5, 0.6) is 0 Å². The van der Waals surface area contributed by atoms with Crippen molar-refractivity contribution in [1.29, 1.82) is 0 Å². The zero-order valence-electron chi connectivity index (χ0n) is 20.8. The van der Waals surface area contributed by atoms with Gasteiger partial charge in [0.25, 0.3) is 5.91 Å². The predicted molar refractivity (Wildman–Crippen MR) is 135 cm³/mol. The molecule has 4 bridgehead atoms. The van der Waals surface area contributed by atoms with Crippen LogP contribution >= 0.6 is 11.6 Å². The van der Waals surface area contributed by atoms with E-state index in [1.54, 1.807) is 4.90 Å². The SMILES string of the molecule is CC(C)(C(=O)Nc1ncnc2c1CCN(C(=O)c1c(F)cccc1Cl)C2)C12CC3CC(CC(C3)C1)C2. The van der Waals surface area contributed by atoms with Crippen molar-refractivity contribution in [3.8, 4) is 0 Å². The summed E-state index contributed by atoms with van der Waals surface area (Å²) in [7, 11) is 0. The van der Waals surface area contributed by atoms with Gasteiger partial charge in [0.05, 0.1) is 22.8 Å². The molecule has 4 fully saturated rings. The second-order valence-electron chi connectivity index (χ2n) is 12.0. The van der Waals surface area contributed by atoms with E-state index in [4.69, 9.17) is 11.6 Å². The van der Waals surface area contributed by atoms with Crippen LogP contribution in [0.4, 0.5) is 10.2 Å². The van der Waals surface area contributed by atoms with Crippen LogP contribution in [0.25, 0.3) is 0 Å². The largest absolute Gasteiger partial charge is 0.332 e. The van der Waals surface area contributed by atoms with Gasteiger partial charge in [-0.3, -0.25) is 9.59 Å². The van der Waals surface area contributed by atoms with Crippen LogP contribution < -0.4 is 5.32 Å². The topological polar surface area (TPSA) is 75.2 Å². The average Bonchev–Trinajstić information content (AvgIpc) is 2.82. The third-order valence-corrected chi connectivity index (χ3v) is 9.95. The van der Waals surface area contributed by atoms with E-state index >= 15 is 0 Å². The monoisotopic (exact) mass is 510 g/mol. The van der Waals surface area contributed by atoms with Gasteiger partial charge >= 0.3 is 0 Å². The number of halogens is 2. The molecule has 1 aromatic carbocycles.